The molecule has 0 aromatic heterocycles. The number of aryl methyl sites for hydroxylation is 1. The van der Waals surface area contributed by atoms with Crippen molar-refractivity contribution in [2.75, 3.05) is 33.7 Å². The third-order valence-electron chi connectivity index (χ3n) is 6.43. The largest absolute Gasteiger partial charge is 0.507 e. The summed E-state index contributed by atoms with van der Waals surface area (Å²) in [6.07, 6.45) is 3.14. The van der Waals surface area contributed by atoms with Gasteiger partial charge in [0.05, 0.1) is 13.1 Å². The molecule has 0 saturated heterocycles. The number of aromatic hydroxyl groups is 1. The van der Waals surface area contributed by atoms with Crippen LogP contribution in [0.25, 0.3) is 5.57 Å². The zero-order valence-corrected chi connectivity index (χ0v) is 23.9. The molecule has 0 saturated carbocycles. The Kier molecular flexibility index (Phi) is 9.66. The summed E-state index contributed by atoms with van der Waals surface area (Å²) in [4.78, 5) is 38.0. The summed E-state index contributed by atoms with van der Waals surface area (Å²) in [5, 5.41) is 29.1. The summed E-state index contributed by atoms with van der Waals surface area (Å²) in [6.45, 7) is 2.70. The van der Waals surface area contributed by atoms with Crippen LogP contribution < -0.4 is 0 Å². The van der Waals surface area contributed by atoms with E-state index in [0.717, 1.165) is 0 Å². The van der Waals surface area contributed by atoms with E-state index in [1.165, 1.54) is 28.0 Å². The number of carboxylic acids is 2. The van der Waals surface area contributed by atoms with Gasteiger partial charge in [-0.05, 0) is 86.1 Å². The number of nitrogens with zero attached hydrogens (tertiary/aromatic N) is 2. The molecule has 0 amide bonds. The Bertz CT molecular complexity index is 1600. The maximum atomic E-state index is 13.0. The van der Waals surface area contributed by atoms with E-state index < -0.39 is 22.1 Å². The van der Waals surface area contributed by atoms with E-state index >= 15 is 0 Å². The molecule has 2 aromatic rings. The number of allylic oxidation sites excluding steroid dienone is 4. The normalized spacial score (nSPS) is 15.1. The van der Waals surface area contributed by atoms with Crippen LogP contribution in [0.4, 0.5) is 0 Å². The van der Waals surface area contributed by atoms with Crippen LogP contribution in [-0.4, -0.2) is 89.5 Å². The molecule has 0 heterocycles. The van der Waals surface area contributed by atoms with E-state index in [-0.39, 0.29) is 53.7 Å². The molecular formula is C29H32N2O9S. The highest BCUT2D eigenvalue weighted by molar-refractivity contribution is 7.86. The van der Waals surface area contributed by atoms with Crippen molar-refractivity contribution in [2.24, 2.45) is 0 Å². The molecule has 0 fully saturated rings. The SMILES string of the molecule is CC1=C/C(=C(\c2cc(C)c(O)c(CN(C)CC(=O)O)c2)c2ccccc2S(=O)(=O)O)C=C(CN(C)CC(=O)O)C1=O. The monoisotopic (exact) mass is 584 g/mol. The predicted octanol–water partition coefficient (Wildman–Crippen LogP) is 2.74. The second kappa shape index (κ2) is 12.6. The van der Waals surface area contributed by atoms with Crippen LogP contribution in [0.3, 0.4) is 0 Å². The Morgan fingerprint density at radius 1 is 0.902 bits per heavy atom. The predicted molar refractivity (Wildman–Crippen MR) is 151 cm³/mol. The standard InChI is InChI=1S/C29H32N2O9S/c1-17-9-19(11-21(28(17)36)13-30(3)15-25(32)33)27(23-7-5-6-8-24(23)41(38,39)40)20-10-18(2)29(37)22(12-20)14-31(4)16-26(34)35/h5-12,36H,13-16H2,1-4H3,(H,32,33)(H,34,35)(H,38,39,40)/b27-20-. The third-order valence-corrected chi connectivity index (χ3v) is 7.35. The minimum Gasteiger partial charge on any atom is -0.507 e. The van der Waals surface area contributed by atoms with E-state index in [2.05, 4.69) is 0 Å². The summed E-state index contributed by atoms with van der Waals surface area (Å²) in [5.41, 5.74) is 2.75. The fraction of sp³-hybridized carbons (Fsp3) is 0.276. The van der Waals surface area contributed by atoms with E-state index in [9.17, 15) is 32.5 Å². The zero-order valence-electron chi connectivity index (χ0n) is 23.1. The maximum absolute atomic E-state index is 13.0. The van der Waals surface area contributed by atoms with E-state index in [1.807, 2.05) is 0 Å². The summed E-state index contributed by atoms with van der Waals surface area (Å²) in [5.74, 6) is -2.48. The summed E-state index contributed by atoms with van der Waals surface area (Å²) in [7, 11) is -1.57. The second-order valence-corrected chi connectivity index (χ2v) is 11.5. The first-order valence-electron chi connectivity index (χ1n) is 12.5. The molecule has 1 aliphatic rings. The van der Waals surface area contributed by atoms with Gasteiger partial charge in [0, 0.05) is 29.8 Å². The molecule has 0 atom stereocenters. The highest BCUT2D eigenvalue weighted by Crippen LogP contribution is 2.38. The number of likely N-dealkylation sites (N-methyl/N-ethyl adjacent to an activating group) is 2. The van der Waals surface area contributed by atoms with Gasteiger partial charge in [-0.3, -0.25) is 28.7 Å². The van der Waals surface area contributed by atoms with E-state index in [1.54, 1.807) is 58.3 Å². The van der Waals surface area contributed by atoms with Crippen LogP contribution in [0.5, 0.6) is 5.75 Å². The van der Waals surface area contributed by atoms with Gasteiger partial charge in [0.15, 0.2) is 5.78 Å². The number of phenols is 1. The van der Waals surface area contributed by atoms with Crippen molar-refractivity contribution >= 4 is 33.4 Å². The lowest BCUT2D eigenvalue weighted by atomic mass is 9.85. The first kappa shape index (κ1) is 31.4. The number of hydrogen-bond acceptors (Lipinski definition) is 8. The number of hydrogen-bond donors (Lipinski definition) is 4. The van der Waals surface area contributed by atoms with Crippen molar-refractivity contribution in [1.29, 1.82) is 0 Å². The Balaban J connectivity index is 2.36. The lowest BCUT2D eigenvalue weighted by Crippen LogP contribution is -2.30. The molecule has 41 heavy (non-hydrogen) atoms. The number of Topliss-reactive ketones (excluding diaryl/α,β-unsaturated/α-hetero) is 1. The molecule has 0 spiro atoms. The smallest absolute Gasteiger partial charge is 0.317 e. The topological polar surface area (TPSA) is 173 Å². The molecule has 4 N–H and O–H groups in total. The number of benzene rings is 2. The van der Waals surface area contributed by atoms with Gasteiger partial charge in [0.1, 0.15) is 10.6 Å². The average Bonchev–Trinajstić information content (AvgIpc) is 2.84. The van der Waals surface area contributed by atoms with Gasteiger partial charge in [-0.25, -0.2) is 0 Å². The number of carbonyl (C=O) groups excluding carboxylic acids is 1. The Labute approximate surface area is 238 Å². The zero-order chi connectivity index (χ0) is 30.6. The van der Waals surface area contributed by atoms with Crippen molar-refractivity contribution in [1.82, 2.24) is 9.80 Å². The summed E-state index contributed by atoms with van der Waals surface area (Å²) < 4.78 is 34.9. The molecular weight excluding hydrogens is 552 g/mol. The average molecular weight is 585 g/mol. The van der Waals surface area contributed by atoms with Gasteiger partial charge in [-0.1, -0.05) is 18.2 Å². The fourth-order valence-corrected chi connectivity index (χ4v) is 5.46. The van der Waals surface area contributed by atoms with Crippen molar-refractivity contribution in [2.45, 2.75) is 25.3 Å². The third kappa shape index (κ3) is 7.76. The van der Waals surface area contributed by atoms with Crippen LogP contribution >= 0.6 is 0 Å². The van der Waals surface area contributed by atoms with Crippen LogP contribution in [0, 0.1) is 6.92 Å². The van der Waals surface area contributed by atoms with Crippen molar-refractivity contribution in [3.05, 3.63) is 87.5 Å². The minimum absolute atomic E-state index is 0.00682. The van der Waals surface area contributed by atoms with Gasteiger partial charge < -0.3 is 15.3 Å². The Morgan fingerprint density at radius 3 is 2.07 bits per heavy atom. The second-order valence-electron chi connectivity index (χ2n) is 10.1. The first-order chi connectivity index (χ1) is 19.1. The molecule has 0 bridgehead atoms. The number of phenolic OH excluding ortho intramolecular Hbond substituents is 1. The molecule has 11 nitrogen and oxygen atoms in total. The molecule has 1 aliphatic carbocycles. The highest BCUT2D eigenvalue weighted by atomic mass is 32.2. The molecule has 3 rings (SSSR count). The minimum atomic E-state index is -4.70. The number of rotatable bonds is 11. The van der Waals surface area contributed by atoms with Crippen molar-refractivity contribution in [3.8, 4) is 5.75 Å². The van der Waals surface area contributed by atoms with E-state index in [4.69, 9.17) is 10.2 Å². The van der Waals surface area contributed by atoms with Gasteiger partial charge >= 0.3 is 11.9 Å². The molecule has 0 unspecified atom stereocenters. The van der Waals surface area contributed by atoms with Crippen molar-refractivity contribution in [3.63, 3.8) is 0 Å². The first-order valence-corrected chi connectivity index (χ1v) is 13.9. The summed E-state index contributed by atoms with van der Waals surface area (Å²) >= 11 is 0. The Hall–Kier alpha value is -4.10. The highest BCUT2D eigenvalue weighted by Gasteiger charge is 2.26. The molecule has 12 heteroatoms. The lowest BCUT2D eigenvalue weighted by Gasteiger charge is -2.23. The quantitative estimate of drug-likeness (QED) is 0.286. The van der Waals surface area contributed by atoms with Gasteiger partial charge in [0.2, 0.25) is 0 Å². The van der Waals surface area contributed by atoms with Crippen LogP contribution in [-0.2, 0) is 31.0 Å². The van der Waals surface area contributed by atoms with Crippen LogP contribution in [0.15, 0.2) is 70.2 Å². The molecule has 0 radical (unpaired) electrons. The fourth-order valence-electron chi connectivity index (χ4n) is 4.76. The van der Waals surface area contributed by atoms with E-state index in [0.29, 0.717) is 33.4 Å². The van der Waals surface area contributed by atoms with Crippen molar-refractivity contribution < 1.29 is 42.7 Å². The number of carbonyl (C=O) groups is 3. The van der Waals surface area contributed by atoms with Gasteiger partial charge in [0.25, 0.3) is 10.1 Å². The number of ketones is 1. The van der Waals surface area contributed by atoms with Gasteiger partial charge in [-0.15, -0.1) is 0 Å². The van der Waals surface area contributed by atoms with Crippen LogP contribution in [0.1, 0.15) is 29.2 Å². The van der Waals surface area contributed by atoms with Crippen LogP contribution in [0.2, 0.25) is 0 Å². The van der Waals surface area contributed by atoms with Gasteiger partial charge in [-0.2, -0.15) is 8.42 Å². The molecule has 2 aromatic carbocycles. The Morgan fingerprint density at radius 2 is 1.49 bits per heavy atom. The molecule has 218 valence electrons. The maximum Gasteiger partial charge on any atom is 0.317 e. The molecule has 0 aliphatic heterocycles. The number of aliphatic carboxylic acids is 2. The summed E-state index contributed by atoms with van der Waals surface area (Å²) in [6, 6.07) is 9.03. The lowest BCUT2D eigenvalue weighted by molar-refractivity contribution is -0.139. The number of carboxylic acid groups (broad SMARTS) is 2.